The van der Waals surface area contributed by atoms with Crippen LogP contribution in [0, 0.1) is 6.92 Å². The van der Waals surface area contributed by atoms with E-state index in [1.807, 2.05) is 4.98 Å². The number of halogens is 1. The molecule has 0 saturated heterocycles. The van der Waals surface area contributed by atoms with Crippen molar-refractivity contribution in [2.24, 2.45) is 0 Å². The number of H-pyrrole nitrogens is 1. The van der Waals surface area contributed by atoms with Gasteiger partial charge in [0, 0.05) is 18.2 Å². The molecule has 1 heterocycles. The molecule has 0 amide bonds. The molecule has 1 aliphatic carbocycles. The summed E-state index contributed by atoms with van der Waals surface area (Å²) in [6.07, 6.45) is -1.30. The lowest BCUT2D eigenvalue weighted by Crippen LogP contribution is -2.39. The molecule has 2 rings (SSSR count). The number of phosphoric acid groups is 3. The molecule has 1 aromatic heterocycles. The average Bonchev–Trinajstić information content (AvgIpc) is 2.78. The van der Waals surface area contributed by atoms with Crippen molar-refractivity contribution < 1.29 is 55.9 Å². The maximum absolute atomic E-state index is 15.3. The lowest BCUT2D eigenvalue weighted by molar-refractivity contribution is -0.00238. The van der Waals surface area contributed by atoms with Crippen LogP contribution < -0.4 is 11.2 Å². The quantitative estimate of drug-likeness (QED) is 0.196. The molecule has 31 heavy (non-hydrogen) atoms. The molecule has 5 atom stereocenters. The number of nitrogens with zero attached hydrogens (tertiary/aromatic N) is 1. The van der Waals surface area contributed by atoms with Crippen LogP contribution in [-0.2, 0) is 26.8 Å². The van der Waals surface area contributed by atoms with Crippen molar-refractivity contribution in [1.82, 2.24) is 9.55 Å². The molecule has 0 aromatic carbocycles. The van der Waals surface area contributed by atoms with Gasteiger partial charge in [0.05, 0.1) is 18.8 Å². The second-order valence-electron chi connectivity index (χ2n) is 6.50. The van der Waals surface area contributed by atoms with Gasteiger partial charge >= 0.3 is 29.2 Å². The third kappa shape index (κ3) is 6.15. The molecule has 0 radical (unpaired) electrons. The Labute approximate surface area is 172 Å². The van der Waals surface area contributed by atoms with E-state index in [2.05, 4.69) is 19.7 Å². The van der Waals surface area contributed by atoms with E-state index in [0.717, 1.165) is 10.8 Å². The minimum atomic E-state index is -5.81. The average molecular weight is 510 g/mol. The van der Waals surface area contributed by atoms with Crippen LogP contribution in [-0.4, -0.2) is 52.6 Å². The fraction of sp³-hybridized carbons (Fsp3) is 0.500. The number of hydrogen-bond donors (Lipinski definition) is 6. The maximum Gasteiger partial charge on any atom is 0.490 e. The highest BCUT2D eigenvalue weighted by Crippen LogP contribution is 2.66. The van der Waals surface area contributed by atoms with Crippen LogP contribution in [0.15, 0.2) is 27.9 Å². The Bertz CT molecular complexity index is 1140. The molecule has 1 saturated carbocycles. The SMILES string of the molecule is C=C1[C@@H](n2cc(C)c(=O)[nH]c2=O)C[C@H](O)[C@@]1(F)COP(=O)(O)OP(=O)(O)OP(=O)(O)O. The number of aryl methyl sites for hydroxylation is 1. The van der Waals surface area contributed by atoms with Crippen LogP contribution in [0.25, 0.3) is 0 Å². The predicted molar refractivity (Wildman–Crippen MR) is 98.5 cm³/mol. The Morgan fingerprint density at radius 1 is 1.23 bits per heavy atom. The van der Waals surface area contributed by atoms with Gasteiger partial charge in [-0.1, -0.05) is 6.58 Å². The molecular weight excluding hydrogens is 492 g/mol. The van der Waals surface area contributed by atoms with E-state index in [1.54, 1.807) is 0 Å². The Morgan fingerprint density at radius 2 is 1.81 bits per heavy atom. The third-order valence-corrected chi connectivity index (χ3v) is 8.03. The number of rotatable bonds is 8. The van der Waals surface area contributed by atoms with E-state index >= 15 is 4.39 Å². The Morgan fingerprint density at radius 3 is 2.35 bits per heavy atom. The number of hydrogen-bond acceptors (Lipinski definition) is 9. The Hall–Kier alpha value is -1.28. The first kappa shape index (κ1) is 26.0. The zero-order valence-corrected chi connectivity index (χ0v) is 18.2. The lowest BCUT2D eigenvalue weighted by Gasteiger charge is -2.26. The normalized spacial score (nSPS) is 28.3. The molecule has 1 aromatic rings. The molecule has 2 unspecified atom stereocenters. The minimum absolute atomic E-state index is 0.0894. The van der Waals surface area contributed by atoms with Crippen LogP contribution in [0.4, 0.5) is 4.39 Å². The third-order valence-electron chi connectivity index (χ3n) is 4.25. The van der Waals surface area contributed by atoms with Crippen molar-refractivity contribution in [3.05, 3.63) is 44.8 Å². The summed E-state index contributed by atoms with van der Waals surface area (Å²) in [7, 11) is -17.1. The van der Waals surface area contributed by atoms with Gasteiger partial charge in [0.1, 0.15) is 0 Å². The van der Waals surface area contributed by atoms with E-state index in [9.17, 15) is 33.3 Å². The standard InChI is InChI=1S/C12H18FN2O13P3/c1-6-4-15(11(18)14-10(6)17)8-3-9(16)12(13,7(8)2)5-26-30(22,23)28-31(24,25)27-29(19,20)21/h4,8-9,16H,2-3,5H2,1H3,(H,22,23)(H,24,25)(H,14,17,18)(H2,19,20,21)/t8-,9-,12+/m0/s1. The van der Waals surface area contributed by atoms with Crippen LogP contribution in [0.2, 0.25) is 0 Å². The fourth-order valence-electron chi connectivity index (χ4n) is 2.80. The summed E-state index contributed by atoms with van der Waals surface area (Å²) in [4.78, 5) is 61.0. The first-order valence-corrected chi connectivity index (χ1v) is 12.6. The van der Waals surface area contributed by atoms with Gasteiger partial charge in [-0.05, 0) is 12.5 Å². The molecule has 1 aliphatic rings. The van der Waals surface area contributed by atoms with Crippen molar-refractivity contribution in [3.63, 3.8) is 0 Å². The van der Waals surface area contributed by atoms with Gasteiger partial charge in [0.15, 0.2) is 5.67 Å². The van der Waals surface area contributed by atoms with Gasteiger partial charge in [-0.3, -0.25) is 18.9 Å². The van der Waals surface area contributed by atoms with Gasteiger partial charge in [0.25, 0.3) is 5.56 Å². The molecule has 15 nitrogen and oxygen atoms in total. The van der Waals surface area contributed by atoms with Crippen LogP contribution in [0.1, 0.15) is 18.0 Å². The number of alkyl halides is 1. The zero-order valence-electron chi connectivity index (χ0n) is 15.5. The first-order chi connectivity index (χ1) is 13.9. The maximum atomic E-state index is 15.3. The van der Waals surface area contributed by atoms with Gasteiger partial charge in [-0.25, -0.2) is 22.9 Å². The summed E-state index contributed by atoms with van der Waals surface area (Å²) >= 11 is 0. The summed E-state index contributed by atoms with van der Waals surface area (Å²) in [6, 6.07) is -1.20. The molecule has 19 heteroatoms. The molecule has 1 fully saturated rings. The molecule has 6 N–H and O–H groups in total. The zero-order chi connectivity index (χ0) is 24.0. The summed E-state index contributed by atoms with van der Waals surface area (Å²) < 4.78 is 61.2. The van der Waals surface area contributed by atoms with Crippen molar-refractivity contribution in [2.45, 2.75) is 31.2 Å². The van der Waals surface area contributed by atoms with Crippen molar-refractivity contribution >= 4 is 23.5 Å². The summed E-state index contributed by atoms with van der Waals surface area (Å²) in [5, 5.41) is 10.1. The summed E-state index contributed by atoms with van der Waals surface area (Å²) in [5.74, 6) is 0. The minimum Gasteiger partial charge on any atom is -0.389 e. The lowest BCUT2D eigenvalue weighted by atomic mass is 9.99. The highest BCUT2D eigenvalue weighted by molar-refractivity contribution is 7.66. The highest BCUT2D eigenvalue weighted by Gasteiger charge is 2.53. The molecular formula is C12H18FN2O13P3. The van der Waals surface area contributed by atoms with Crippen LogP contribution >= 0.6 is 23.5 Å². The molecule has 0 spiro atoms. The van der Waals surface area contributed by atoms with E-state index < -0.39 is 71.1 Å². The van der Waals surface area contributed by atoms with Gasteiger partial charge in [0.2, 0.25) is 0 Å². The van der Waals surface area contributed by atoms with Gasteiger partial charge in [-0.15, -0.1) is 0 Å². The number of aromatic nitrogens is 2. The number of phosphoric ester groups is 1. The van der Waals surface area contributed by atoms with E-state index in [4.69, 9.17) is 14.7 Å². The smallest absolute Gasteiger partial charge is 0.389 e. The number of nitrogens with one attached hydrogen (secondary N) is 1. The fourth-order valence-corrected chi connectivity index (χ4v) is 5.84. The van der Waals surface area contributed by atoms with Crippen LogP contribution in [0.5, 0.6) is 0 Å². The highest BCUT2D eigenvalue weighted by atomic mass is 31.3. The van der Waals surface area contributed by atoms with Crippen LogP contribution in [0.3, 0.4) is 0 Å². The predicted octanol–water partition coefficient (Wildman–Crippen LogP) is -0.241. The Kier molecular flexibility index (Phi) is 7.19. The first-order valence-electron chi connectivity index (χ1n) is 8.03. The van der Waals surface area contributed by atoms with Crippen molar-refractivity contribution in [1.29, 1.82) is 0 Å². The molecule has 0 aliphatic heterocycles. The number of aliphatic hydroxyl groups excluding tert-OH is 1. The second-order valence-corrected chi connectivity index (χ2v) is 10.9. The van der Waals surface area contributed by atoms with E-state index in [-0.39, 0.29) is 5.56 Å². The van der Waals surface area contributed by atoms with E-state index in [1.165, 1.54) is 6.92 Å². The van der Waals surface area contributed by atoms with Crippen molar-refractivity contribution in [3.8, 4) is 0 Å². The van der Waals surface area contributed by atoms with Gasteiger partial charge in [-0.2, -0.15) is 8.62 Å². The topological polar surface area (TPSA) is 235 Å². The van der Waals surface area contributed by atoms with Gasteiger partial charge < -0.3 is 24.7 Å². The van der Waals surface area contributed by atoms with E-state index in [0.29, 0.717) is 0 Å². The van der Waals surface area contributed by atoms with Crippen molar-refractivity contribution in [2.75, 3.05) is 6.61 Å². The molecule has 0 bridgehead atoms. The summed E-state index contributed by atoms with van der Waals surface area (Å²) in [6.45, 7) is 3.32. The molecule has 176 valence electrons. The summed E-state index contributed by atoms with van der Waals surface area (Å²) in [5.41, 5.74) is -4.99. The number of aliphatic hydroxyl groups is 1. The Balaban J connectivity index is 2.21. The number of aromatic amines is 1. The largest absolute Gasteiger partial charge is 0.490 e. The second kappa shape index (κ2) is 8.58. The monoisotopic (exact) mass is 510 g/mol.